The summed E-state index contributed by atoms with van der Waals surface area (Å²) in [5, 5.41) is 0.469. The van der Waals surface area contributed by atoms with Gasteiger partial charge in [-0.05, 0) is 61.2 Å². The predicted octanol–water partition coefficient (Wildman–Crippen LogP) is 4.17. The fourth-order valence-electron chi connectivity index (χ4n) is 4.43. The van der Waals surface area contributed by atoms with Crippen molar-refractivity contribution < 1.29 is 13.2 Å². The van der Waals surface area contributed by atoms with Gasteiger partial charge in [0, 0.05) is 35.8 Å². The number of fused-ring (bicyclic) bond motifs is 1. The number of rotatable bonds is 5. The van der Waals surface area contributed by atoms with Gasteiger partial charge in [-0.3, -0.25) is 9.52 Å². The van der Waals surface area contributed by atoms with Crippen LogP contribution in [0, 0.1) is 6.92 Å². The number of hydrogen-bond acceptors (Lipinski definition) is 4. The van der Waals surface area contributed by atoms with E-state index in [-0.39, 0.29) is 16.2 Å². The van der Waals surface area contributed by atoms with Crippen molar-refractivity contribution in [1.29, 1.82) is 0 Å². The highest BCUT2D eigenvalue weighted by molar-refractivity contribution is 7.92. The molecule has 0 bridgehead atoms. The fraction of sp³-hybridized carbons (Fsp3) is 0.435. The highest BCUT2D eigenvalue weighted by Crippen LogP contribution is 2.41. The number of benzene rings is 2. The Morgan fingerprint density at radius 3 is 2.55 bits per heavy atom. The summed E-state index contributed by atoms with van der Waals surface area (Å²) in [6.45, 7) is 8.64. The molecule has 0 spiro atoms. The lowest BCUT2D eigenvalue weighted by Gasteiger charge is -2.24. The first-order valence-electron chi connectivity index (χ1n) is 10.5. The zero-order chi connectivity index (χ0) is 22.4. The number of aryl methyl sites for hydroxylation is 1. The van der Waals surface area contributed by atoms with Gasteiger partial charge in [0.2, 0.25) is 5.91 Å². The van der Waals surface area contributed by atoms with E-state index in [1.807, 2.05) is 17.9 Å². The highest BCUT2D eigenvalue weighted by atomic mass is 35.5. The molecule has 0 radical (unpaired) electrons. The maximum absolute atomic E-state index is 13.1. The fourth-order valence-corrected chi connectivity index (χ4v) is 5.75. The predicted molar refractivity (Wildman–Crippen MR) is 124 cm³/mol. The van der Waals surface area contributed by atoms with Crippen molar-refractivity contribution in [1.82, 2.24) is 4.90 Å². The third kappa shape index (κ3) is 4.39. The Balaban J connectivity index is 1.61. The van der Waals surface area contributed by atoms with Crippen LogP contribution in [0.5, 0.6) is 0 Å². The van der Waals surface area contributed by atoms with E-state index in [0.29, 0.717) is 23.8 Å². The minimum Gasteiger partial charge on any atom is -0.361 e. The van der Waals surface area contributed by atoms with Crippen LogP contribution in [0.15, 0.2) is 41.3 Å². The van der Waals surface area contributed by atoms with Crippen LogP contribution in [0.2, 0.25) is 5.02 Å². The Kier molecular flexibility index (Phi) is 5.68. The number of amides is 1. The van der Waals surface area contributed by atoms with Crippen LogP contribution >= 0.6 is 11.6 Å². The maximum atomic E-state index is 13.1. The molecule has 2 aromatic carbocycles. The molecule has 0 aromatic heterocycles. The summed E-state index contributed by atoms with van der Waals surface area (Å²) in [7, 11) is -3.78. The van der Waals surface area contributed by atoms with Gasteiger partial charge in [0.05, 0.1) is 17.1 Å². The van der Waals surface area contributed by atoms with Crippen molar-refractivity contribution in [2.75, 3.05) is 35.8 Å². The molecule has 2 heterocycles. The second-order valence-electron chi connectivity index (χ2n) is 9.07. The lowest BCUT2D eigenvalue weighted by molar-refractivity contribution is -0.128. The average molecular weight is 462 g/mol. The Bertz CT molecular complexity index is 1120. The van der Waals surface area contributed by atoms with E-state index in [2.05, 4.69) is 23.5 Å². The molecule has 2 aliphatic rings. The first-order valence-corrected chi connectivity index (χ1v) is 12.4. The molecular formula is C23H28ClN3O3S. The molecular weight excluding hydrogens is 434 g/mol. The maximum Gasteiger partial charge on any atom is 0.261 e. The monoisotopic (exact) mass is 461 g/mol. The van der Waals surface area contributed by atoms with Gasteiger partial charge in [0.15, 0.2) is 0 Å². The molecule has 0 atom stereocenters. The second-order valence-corrected chi connectivity index (χ2v) is 11.2. The number of anilines is 2. The largest absolute Gasteiger partial charge is 0.361 e. The number of halogens is 1. The zero-order valence-corrected chi connectivity index (χ0v) is 19.7. The first-order chi connectivity index (χ1) is 14.6. The summed E-state index contributed by atoms with van der Waals surface area (Å²) in [6.07, 6.45) is 2.13. The van der Waals surface area contributed by atoms with Crippen molar-refractivity contribution in [3.63, 3.8) is 0 Å². The third-order valence-electron chi connectivity index (χ3n) is 6.16. The average Bonchev–Trinajstić information content (AvgIpc) is 3.32. The van der Waals surface area contributed by atoms with Crippen molar-refractivity contribution in [2.45, 2.75) is 43.9 Å². The summed E-state index contributed by atoms with van der Waals surface area (Å²) in [5.74, 6) is 0.135. The Labute approximate surface area is 189 Å². The summed E-state index contributed by atoms with van der Waals surface area (Å²) in [6, 6.07) is 10.3. The topological polar surface area (TPSA) is 69.7 Å². The van der Waals surface area contributed by atoms with Crippen molar-refractivity contribution in [2.24, 2.45) is 0 Å². The minimum atomic E-state index is -3.78. The van der Waals surface area contributed by atoms with Gasteiger partial charge in [-0.2, -0.15) is 0 Å². The van der Waals surface area contributed by atoms with Crippen molar-refractivity contribution in [3.05, 3.63) is 52.5 Å². The quantitative estimate of drug-likeness (QED) is 0.725. The van der Waals surface area contributed by atoms with Crippen LogP contribution in [0.1, 0.15) is 37.8 Å². The first kappa shape index (κ1) is 22.0. The number of carbonyl (C=O) groups is 1. The molecule has 1 saturated heterocycles. The van der Waals surface area contributed by atoms with E-state index in [0.717, 1.165) is 42.7 Å². The van der Waals surface area contributed by atoms with E-state index in [1.165, 1.54) is 0 Å². The molecule has 166 valence electrons. The Morgan fingerprint density at radius 1 is 1.13 bits per heavy atom. The molecule has 6 nitrogen and oxygen atoms in total. The molecule has 2 aromatic rings. The minimum absolute atomic E-state index is 0.135. The SMILES string of the molecule is Cc1ccc(Cl)cc1NS(=O)(=O)c1ccc2c(c1)C(C)(C)CN2CC(=O)N1CCCC1. The van der Waals surface area contributed by atoms with Crippen LogP contribution in [-0.4, -0.2) is 45.4 Å². The van der Waals surface area contributed by atoms with Crippen LogP contribution < -0.4 is 9.62 Å². The van der Waals surface area contributed by atoms with Gasteiger partial charge >= 0.3 is 0 Å². The van der Waals surface area contributed by atoms with E-state index in [4.69, 9.17) is 11.6 Å². The number of hydrogen-bond donors (Lipinski definition) is 1. The molecule has 0 unspecified atom stereocenters. The van der Waals surface area contributed by atoms with Crippen molar-refractivity contribution >= 4 is 38.9 Å². The van der Waals surface area contributed by atoms with Gasteiger partial charge in [-0.1, -0.05) is 31.5 Å². The normalized spacial score (nSPS) is 17.7. The standard InChI is InChI=1S/C23H28ClN3O3S/c1-16-6-7-17(24)12-20(16)25-31(29,30)18-8-9-21-19(13-18)23(2,3)15-27(21)14-22(28)26-10-4-5-11-26/h6-9,12-13,25H,4-5,10-11,14-15H2,1-3H3. The summed E-state index contributed by atoms with van der Waals surface area (Å²) < 4.78 is 28.8. The molecule has 0 aliphatic carbocycles. The molecule has 8 heteroatoms. The van der Waals surface area contributed by atoms with Crippen LogP contribution in [0.4, 0.5) is 11.4 Å². The zero-order valence-electron chi connectivity index (χ0n) is 18.1. The number of carbonyl (C=O) groups excluding carboxylic acids is 1. The van der Waals surface area contributed by atoms with E-state index in [9.17, 15) is 13.2 Å². The molecule has 2 aliphatic heterocycles. The smallest absolute Gasteiger partial charge is 0.261 e. The summed E-state index contributed by atoms with van der Waals surface area (Å²) in [5.41, 5.74) is 2.85. The summed E-state index contributed by atoms with van der Waals surface area (Å²) >= 11 is 6.04. The molecule has 0 saturated carbocycles. The van der Waals surface area contributed by atoms with Crippen LogP contribution in [0.3, 0.4) is 0 Å². The third-order valence-corrected chi connectivity index (χ3v) is 7.76. The van der Waals surface area contributed by atoms with Gasteiger partial charge in [-0.15, -0.1) is 0 Å². The lowest BCUT2D eigenvalue weighted by Crippen LogP contribution is -2.40. The molecule has 1 fully saturated rings. The number of sulfonamides is 1. The van der Waals surface area contributed by atoms with Gasteiger partial charge < -0.3 is 9.80 Å². The molecule has 4 rings (SSSR count). The molecule has 1 amide bonds. The van der Waals surface area contributed by atoms with Crippen LogP contribution in [-0.2, 0) is 20.2 Å². The van der Waals surface area contributed by atoms with E-state index < -0.39 is 10.0 Å². The lowest BCUT2D eigenvalue weighted by atomic mass is 9.87. The number of nitrogens with zero attached hydrogens (tertiary/aromatic N) is 2. The molecule has 31 heavy (non-hydrogen) atoms. The van der Waals surface area contributed by atoms with Gasteiger partial charge in [0.25, 0.3) is 10.0 Å². The Hall–Kier alpha value is -2.25. The number of nitrogens with one attached hydrogen (secondary N) is 1. The second kappa shape index (κ2) is 8.02. The number of likely N-dealkylation sites (tertiary alicyclic amines) is 1. The summed E-state index contributed by atoms with van der Waals surface area (Å²) in [4.78, 5) is 16.9. The highest BCUT2D eigenvalue weighted by Gasteiger charge is 2.37. The van der Waals surface area contributed by atoms with E-state index >= 15 is 0 Å². The molecule has 1 N–H and O–H groups in total. The Morgan fingerprint density at radius 2 is 1.84 bits per heavy atom. The van der Waals surface area contributed by atoms with Crippen LogP contribution in [0.25, 0.3) is 0 Å². The van der Waals surface area contributed by atoms with Gasteiger partial charge in [-0.25, -0.2) is 8.42 Å². The van der Waals surface area contributed by atoms with Gasteiger partial charge in [0.1, 0.15) is 0 Å². The van der Waals surface area contributed by atoms with E-state index in [1.54, 1.807) is 30.3 Å². The van der Waals surface area contributed by atoms with Crippen molar-refractivity contribution in [3.8, 4) is 0 Å².